The minimum atomic E-state index is 0.112. The van der Waals surface area contributed by atoms with Gasteiger partial charge in [-0.15, -0.1) is 0 Å². The van der Waals surface area contributed by atoms with Crippen LogP contribution in [0.15, 0.2) is 18.2 Å². The van der Waals surface area contributed by atoms with Gasteiger partial charge in [-0.05, 0) is 62.8 Å². The minimum absolute atomic E-state index is 0.112. The van der Waals surface area contributed by atoms with E-state index in [0.29, 0.717) is 6.54 Å². The Labute approximate surface area is 156 Å². The molecule has 0 heterocycles. The summed E-state index contributed by atoms with van der Waals surface area (Å²) in [6.45, 7) is 4.83. The Morgan fingerprint density at radius 1 is 1.15 bits per heavy atom. The van der Waals surface area contributed by atoms with Crippen LogP contribution in [0.25, 0.3) is 0 Å². The third kappa shape index (κ3) is 4.37. The summed E-state index contributed by atoms with van der Waals surface area (Å²) in [7, 11) is 4.02. The van der Waals surface area contributed by atoms with Crippen LogP contribution in [0.2, 0.25) is 0 Å². The normalized spacial score (nSPS) is 17.5. The molecule has 2 saturated carbocycles. The van der Waals surface area contributed by atoms with E-state index in [9.17, 15) is 9.59 Å². The fourth-order valence-electron chi connectivity index (χ4n) is 3.24. The van der Waals surface area contributed by atoms with E-state index in [4.69, 9.17) is 0 Å². The molecule has 0 saturated heterocycles. The summed E-state index contributed by atoms with van der Waals surface area (Å²) in [6.07, 6.45) is 4.96. The Morgan fingerprint density at radius 2 is 1.81 bits per heavy atom. The fraction of sp³-hybridized carbons (Fsp3) is 0.619. The van der Waals surface area contributed by atoms with E-state index >= 15 is 0 Å². The number of carbonyl (C=O) groups excluding carboxylic acids is 2. The summed E-state index contributed by atoms with van der Waals surface area (Å²) >= 11 is 0. The van der Waals surface area contributed by atoms with Crippen LogP contribution in [0.1, 0.15) is 51.5 Å². The van der Waals surface area contributed by atoms with Gasteiger partial charge < -0.3 is 15.1 Å². The van der Waals surface area contributed by atoms with Crippen molar-refractivity contribution < 1.29 is 9.59 Å². The van der Waals surface area contributed by atoms with Gasteiger partial charge >= 0.3 is 0 Å². The molecule has 0 bridgehead atoms. The fourth-order valence-corrected chi connectivity index (χ4v) is 3.24. The topological polar surface area (TPSA) is 52.7 Å². The van der Waals surface area contributed by atoms with Crippen molar-refractivity contribution in [2.75, 3.05) is 24.3 Å². The second-order valence-corrected chi connectivity index (χ2v) is 8.00. The number of nitrogens with zero attached hydrogens (tertiary/aromatic N) is 2. The summed E-state index contributed by atoms with van der Waals surface area (Å²) in [5, 5.41) is 3.03. The highest BCUT2D eigenvalue weighted by molar-refractivity contribution is 5.94. The van der Waals surface area contributed by atoms with E-state index in [-0.39, 0.29) is 29.7 Å². The maximum atomic E-state index is 12.8. The molecule has 0 aromatic heterocycles. The van der Waals surface area contributed by atoms with Gasteiger partial charge in [0.1, 0.15) is 0 Å². The smallest absolute Gasteiger partial charge is 0.227 e. The molecule has 26 heavy (non-hydrogen) atoms. The standard InChI is InChI=1S/C21H31N3O2/c1-5-14(2)24(21(26)16-8-9-16)13-17-12-18(10-11-19(17)23(3)4)22-20(25)15-6-7-15/h10-12,14-16H,5-9,13H2,1-4H3,(H,22,25). The van der Waals surface area contributed by atoms with Crippen LogP contribution in [-0.2, 0) is 16.1 Å². The number of carbonyl (C=O) groups is 2. The number of amides is 2. The molecule has 1 N–H and O–H groups in total. The lowest BCUT2D eigenvalue weighted by atomic mass is 10.1. The van der Waals surface area contributed by atoms with E-state index in [1.54, 1.807) is 0 Å². The Kier molecular flexibility index (Phi) is 5.54. The summed E-state index contributed by atoms with van der Waals surface area (Å²) in [6, 6.07) is 6.23. The van der Waals surface area contributed by atoms with Crippen LogP contribution < -0.4 is 10.2 Å². The van der Waals surface area contributed by atoms with Crippen LogP contribution >= 0.6 is 0 Å². The maximum Gasteiger partial charge on any atom is 0.227 e. The Balaban J connectivity index is 1.83. The highest BCUT2D eigenvalue weighted by Crippen LogP contribution is 2.34. The first-order chi connectivity index (χ1) is 12.4. The molecule has 3 rings (SSSR count). The van der Waals surface area contributed by atoms with Crippen molar-refractivity contribution >= 4 is 23.2 Å². The largest absolute Gasteiger partial charge is 0.377 e. The highest BCUT2D eigenvalue weighted by atomic mass is 16.2. The molecule has 142 valence electrons. The van der Waals surface area contributed by atoms with Gasteiger partial charge in [-0.2, -0.15) is 0 Å². The number of rotatable bonds is 8. The lowest BCUT2D eigenvalue weighted by Crippen LogP contribution is -2.39. The van der Waals surface area contributed by atoms with Crippen LogP contribution in [0.3, 0.4) is 0 Å². The van der Waals surface area contributed by atoms with Crippen molar-refractivity contribution in [3.8, 4) is 0 Å². The molecule has 2 aliphatic rings. The van der Waals surface area contributed by atoms with Gasteiger partial charge in [-0.25, -0.2) is 0 Å². The lowest BCUT2D eigenvalue weighted by Gasteiger charge is -2.31. The zero-order chi connectivity index (χ0) is 18.8. The zero-order valence-corrected chi connectivity index (χ0v) is 16.4. The van der Waals surface area contributed by atoms with Crippen molar-refractivity contribution in [1.82, 2.24) is 4.90 Å². The van der Waals surface area contributed by atoms with Crippen molar-refractivity contribution in [2.24, 2.45) is 11.8 Å². The van der Waals surface area contributed by atoms with E-state index in [1.807, 2.05) is 37.2 Å². The highest BCUT2D eigenvalue weighted by Gasteiger charge is 2.35. The average molecular weight is 357 g/mol. The van der Waals surface area contributed by atoms with Gasteiger partial charge in [0.05, 0.1) is 0 Å². The Hall–Kier alpha value is -2.04. The van der Waals surface area contributed by atoms with E-state index in [2.05, 4.69) is 24.1 Å². The molecule has 0 radical (unpaired) electrons. The van der Waals surface area contributed by atoms with Gasteiger partial charge in [0, 0.05) is 49.9 Å². The quantitative estimate of drug-likeness (QED) is 0.773. The van der Waals surface area contributed by atoms with Crippen LogP contribution in [0.5, 0.6) is 0 Å². The SMILES string of the molecule is CCC(C)N(Cc1cc(NC(=O)C2CC2)ccc1N(C)C)C(=O)C1CC1. The molecule has 0 spiro atoms. The second kappa shape index (κ2) is 7.68. The molecular formula is C21H31N3O2. The predicted molar refractivity (Wildman–Crippen MR) is 105 cm³/mol. The van der Waals surface area contributed by atoms with Crippen LogP contribution in [0.4, 0.5) is 11.4 Å². The Bertz CT molecular complexity index is 678. The molecule has 5 heteroatoms. The van der Waals surface area contributed by atoms with Gasteiger partial charge in [-0.3, -0.25) is 9.59 Å². The molecule has 0 aliphatic heterocycles. The average Bonchev–Trinajstić information content (AvgIpc) is 3.50. The molecule has 1 aromatic carbocycles. The number of benzene rings is 1. The van der Waals surface area contributed by atoms with Crippen LogP contribution in [-0.4, -0.2) is 36.9 Å². The Morgan fingerprint density at radius 3 is 2.35 bits per heavy atom. The third-order valence-electron chi connectivity index (χ3n) is 5.45. The van der Waals surface area contributed by atoms with Crippen molar-refractivity contribution in [3.63, 3.8) is 0 Å². The van der Waals surface area contributed by atoms with E-state index < -0.39 is 0 Å². The summed E-state index contributed by atoms with van der Waals surface area (Å²) in [5.74, 6) is 0.780. The first-order valence-corrected chi connectivity index (χ1v) is 9.82. The van der Waals surface area contributed by atoms with E-state index in [1.165, 1.54) is 0 Å². The van der Waals surface area contributed by atoms with Crippen LogP contribution in [0, 0.1) is 11.8 Å². The third-order valence-corrected chi connectivity index (χ3v) is 5.45. The van der Waals surface area contributed by atoms with Gasteiger partial charge in [0.2, 0.25) is 11.8 Å². The summed E-state index contributed by atoms with van der Waals surface area (Å²) in [5.41, 5.74) is 3.00. The molecule has 1 unspecified atom stereocenters. The van der Waals surface area contributed by atoms with Crippen molar-refractivity contribution in [3.05, 3.63) is 23.8 Å². The van der Waals surface area contributed by atoms with Crippen molar-refractivity contribution in [1.29, 1.82) is 0 Å². The monoisotopic (exact) mass is 357 g/mol. The molecule has 1 aromatic rings. The van der Waals surface area contributed by atoms with Gasteiger partial charge in [-0.1, -0.05) is 6.92 Å². The molecule has 1 atom stereocenters. The second-order valence-electron chi connectivity index (χ2n) is 8.00. The number of hydrogen-bond donors (Lipinski definition) is 1. The maximum absolute atomic E-state index is 12.8. The molecule has 2 aliphatic carbocycles. The van der Waals surface area contributed by atoms with Crippen molar-refractivity contribution in [2.45, 2.75) is 58.5 Å². The zero-order valence-electron chi connectivity index (χ0n) is 16.4. The minimum Gasteiger partial charge on any atom is -0.377 e. The first kappa shape index (κ1) is 18.7. The van der Waals surface area contributed by atoms with Gasteiger partial charge in [0.25, 0.3) is 0 Å². The first-order valence-electron chi connectivity index (χ1n) is 9.82. The molecule has 2 amide bonds. The summed E-state index contributed by atoms with van der Waals surface area (Å²) in [4.78, 5) is 29.0. The lowest BCUT2D eigenvalue weighted by molar-refractivity contribution is -0.135. The summed E-state index contributed by atoms with van der Waals surface area (Å²) < 4.78 is 0. The number of nitrogens with one attached hydrogen (secondary N) is 1. The molecule has 5 nitrogen and oxygen atoms in total. The van der Waals surface area contributed by atoms with Gasteiger partial charge in [0.15, 0.2) is 0 Å². The number of anilines is 2. The predicted octanol–water partition coefficient (Wildman–Crippen LogP) is 3.64. The molecular weight excluding hydrogens is 326 g/mol. The van der Waals surface area contributed by atoms with E-state index in [0.717, 1.165) is 49.0 Å². The molecule has 2 fully saturated rings. The number of hydrogen-bond acceptors (Lipinski definition) is 3.